The van der Waals surface area contributed by atoms with Gasteiger partial charge in [0.1, 0.15) is 17.9 Å². The Bertz CT molecular complexity index is 1030. The standard InChI is InChI=1S/C20H26ClN5O3S2/c1-20(2)18(27)26(16-9-8-15(13-22)17(21)12-16)19(30)25(20)10-6-5-7-11-31(28,29)23-14-24(3)4/h8-9,12,14H,5-7,10-11H2,1-4H3/b23-14+. The largest absolute Gasteiger partial charge is 0.368 e. The van der Waals surface area contributed by atoms with Crippen molar-refractivity contribution >= 4 is 56.9 Å². The van der Waals surface area contributed by atoms with Gasteiger partial charge in [0.2, 0.25) is 0 Å². The van der Waals surface area contributed by atoms with Gasteiger partial charge in [-0.3, -0.25) is 9.69 Å². The Hall–Kier alpha value is -2.22. The summed E-state index contributed by atoms with van der Waals surface area (Å²) < 4.78 is 27.4. The van der Waals surface area contributed by atoms with E-state index in [9.17, 15) is 13.2 Å². The molecule has 0 bridgehead atoms. The highest BCUT2D eigenvalue weighted by molar-refractivity contribution is 7.90. The van der Waals surface area contributed by atoms with Crippen LogP contribution in [0.25, 0.3) is 0 Å². The first-order valence-electron chi connectivity index (χ1n) is 9.71. The number of carbonyl (C=O) groups is 1. The molecule has 1 saturated heterocycles. The lowest BCUT2D eigenvalue weighted by Crippen LogP contribution is -2.44. The molecule has 1 aromatic rings. The number of nitrogens with zero attached hydrogens (tertiary/aromatic N) is 5. The van der Waals surface area contributed by atoms with Crippen LogP contribution in [0, 0.1) is 11.3 Å². The first kappa shape index (κ1) is 25.0. The van der Waals surface area contributed by atoms with Gasteiger partial charge in [-0.15, -0.1) is 0 Å². The van der Waals surface area contributed by atoms with Crippen LogP contribution < -0.4 is 4.90 Å². The van der Waals surface area contributed by atoms with Crippen LogP contribution in [-0.2, 0) is 14.8 Å². The van der Waals surface area contributed by atoms with E-state index < -0.39 is 15.6 Å². The van der Waals surface area contributed by atoms with Gasteiger partial charge in [0.05, 0.1) is 22.0 Å². The normalized spacial score (nSPS) is 16.3. The summed E-state index contributed by atoms with van der Waals surface area (Å²) in [5, 5.41) is 9.67. The summed E-state index contributed by atoms with van der Waals surface area (Å²) in [5.74, 6) is -0.209. The minimum atomic E-state index is -3.48. The van der Waals surface area contributed by atoms with E-state index in [1.54, 1.807) is 51.0 Å². The average molecular weight is 484 g/mol. The van der Waals surface area contributed by atoms with E-state index in [2.05, 4.69) is 4.40 Å². The average Bonchev–Trinajstić information content (AvgIpc) is 2.85. The summed E-state index contributed by atoms with van der Waals surface area (Å²) in [5.41, 5.74) is -0.0112. The van der Waals surface area contributed by atoms with Gasteiger partial charge in [-0.05, 0) is 57.1 Å². The Morgan fingerprint density at radius 1 is 1.29 bits per heavy atom. The highest BCUT2D eigenvalue weighted by atomic mass is 35.5. The minimum Gasteiger partial charge on any atom is -0.368 e. The molecule has 0 radical (unpaired) electrons. The van der Waals surface area contributed by atoms with E-state index in [0.717, 1.165) is 0 Å². The molecule has 0 spiro atoms. The number of benzene rings is 1. The molecule has 11 heteroatoms. The Morgan fingerprint density at radius 3 is 2.55 bits per heavy atom. The van der Waals surface area contributed by atoms with Crippen LogP contribution in [0.3, 0.4) is 0 Å². The first-order chi connectivity index (χ1) is 14.4. The summed E-state index contributed by atoms with van der Waals surface area (Å²) in [6, 6.07) is 6.75. The van der Waals surface area contributed by atoms with Crippen molar-refractivity contribution in [2.75, 3.05) is 31.3 Å². The molecule has 8 nitrogen and oxygen atoms in total. The Labute approximate surface area is 194 Å². The Morgan fingerprint density at radius 2 is 1.97 bits per heavy atom. The lowest BCUT2D eigenvalue weighted by molar-refractivity contribution is -0.123. The number of hydrogen-bond acceptors (Lipinski definition) is 5. The van der Waals surface area contributed by atoms with E-state index in [1.165, 1.54) is 11.2 Å². The summed E-state index contributed by atoms with van der Waals surface area (Å²) in [7, 11) is -0.0736. The molecule has 1 aromatic carbocycles. The third kappa shape index (κ3) is 5.93. The summed E-state index contributed by atoms with van der Waals surface area (Å²) in [6.45, 7) is 4.11. The van der Waals surface area contributed by atoms with Gasteiger partial charge in [-0.1, -0.05) is 18.0 Å². The van der Waals surface area contributed by atoms with Crippen LogP contribution in [0.1, 0.15) is 38.7 Å². The number of rotatable bonds is 9. The van der Waals surface area contributed by atoms with E-state index in [4.69, 9.17) is 29.1 Å². The molecule has 31 heavy (non-hydrogen) atoms. The van der Waals surface area contributed by atoms with Gasteiger partial charge in [-0.25, -0.2) is 8.42 Å². The second kappa shape index (κ2) is 9.94. The van der Waals surface area contributed by atoms with E-state index in [-0.39, 0.29) is 16.7 Å². The second-order valence-electron chi connectivity index (χ2n) is 7.94. The van der Waals surface area contributed by atoms with Crippen molar-refractivity contribution in [3.05, 3.63) is 28.8 Å². The van der Waals surface area contributed by atoms with Gasteiger partial charge in [0.15, 0.2) is 5.11 Å². The number of unbranched alkanes of at least 4 members (excludes halogenated alkanes) is 2. The van der Waals surface area contributed by atoms with Crippen molar-refractivity contribution in [3.63, 3.8) is 0 Å². The van der Waals surface area contributed by atoms with Gasteiger partial charge in [0, 0.05) is 20.6 Å². The number of thiocarbonyl (C=S) groups is 1. The Kier molecular flexibility index (Phi) is 8.03. The molecule has 0 aliphatic carbocycles. The molecule has 2 rings (SSSR count). The van der Waals surface area contributed by atoms with Crippen molar-refractivity contribution in [2.45, 2.75) is 38.6 Å². The zero-order chi connectivity index (χ0) is 23.4. The van der Waals surface area contributed by atoms with Gasteiger partial charge < -0.3 is 9.80 Å². The summed E-state index contributed by atoms with van der Waals surface area (Å²) >= 11 is 11.7. The molecule has 1 aliphatic rings. The predicted molar refractivity (Wildman–Crippen MR) is 127 cm³/mol. The summed E-state index contributed by atoms with van der Waals surface area (Å²) in [4.78, 5) is 17.9. The van der Waals surface area contributed by atoms with E-state index in [0.29, 0.717) is 42.2 Å². The highest BCUT2D eigenvalue weighted by Gasteiger charge is 2.49. The quantitative estimate of drug-likeness (QED) is 0.230. The minimum absolute atomic E-state index is 0.0278. The Balaban J connectivity index is 2.01. The molecule has 0 saturated carbocycles. The van der Waals surface area contributed by atoms with Crippen LogP contribution in [0.2, 0.25) is 5.02 Å². The first-order valence-corrected chi connectivity index (χ1v) is 12.1. The maximum absolute atomic E-state index is 13.1. The van der Waals surface area contributed by atoms with Crippen LogP contribution in [0.5, 0.6) is 0 Å². The molecule has 0 N–H and O–H groups in total. The molecule has 168 valence electrons. The van der Waals surface area contributed by atoms with Crippen molar-refractivity contribution in [2.24, 2.45) is 4.40 Å². The van der Waals surface area contributed by atoms with Gasteiger partial charge in [0.25, 0.3) is 15.9 Å². The van der Waals surface area contributed by atoms with Crippen LogP contribution in [0.4, 0.5) is 5.69 Å². The number of sulfonamides is 1. The third-order valence-corrected chi connectivity index (χ3v) is 6.81. The predicted octanol–water partition coefficient (Wildman–Crippen LogP) is 3.01. The number of anilines is 1. The number of amides is 1. The highest BCUT2D eigenvalue weighted by Crippen LogP contribution is 2.34. The van der Waals surface area contributed by atoms with Gasteiger partial charge in [-0.2, -0.15) is 9.66 Å². The maximum atomic E-state index is 13.1. The molecule has 0 unspecified atom stereocenters. The van der Waals surface area contributed by atoms with Crippen molar-refractivity contribution in [1.82, 2.24) is 9.80 Å². The van der Waals surface area contributed by atoms with E-state index in [1.807, 2.05) is 11.0 Å². The number of hydrogen-bond donors (Lipinski definition) is 0. The van der Waals surface area contributed by atoms with Crippen LogP contribution in [-0.4, -0.2) is 67.5 Å². The smallest absolute Gasteiger partial charge is 0.258 e. The fourth-order valence-corrected chi connectivity index (χ4v) is 4.85. The molecular formula is C20H26ClN5O3S2. The number of halogens is 1. The van der Waals surface area contributed by atoms with Crippen LogP contribution >= 0.6 is 23.8 Å². The van der Waals surface area contributed by atoms with Crippen LogP contribution in [0.15, 0.2) is 22.6 Å². The van der Waals surface area contributed by atoms with Crippen molar-refractivity contribution < 1.29 is 13.2 Å². The molecule has 1 aliphatic heterocycles. The monoisotopic (exact) mass is 483 g/mol. The van der Waals surface area contributed by atoms with E-state index >= 15 is 0 Å². The van der Waals surface area contributed by atoms with Crippen molar-refractivity contribution in [3.8, 4) is 6.07 Å². The fourth-order valence-electron chi connectivity index (χ4n) is 3.12. The zero-order valence-electron chi connectivity index (χ0n) is 18.0. The van der Waals surface area contributed by atoms with Gasteiger partial charge >= 0.3 is 0 Å². The maximum Gasteiger partial charge on any atom is 0.258 e. The fraction of sp³-hybridized carbons (Fsp3) is 0.500. The summed E-state index contributed by atoms with van der Waals surface area (Å²) in [6.07, 6.45) is 3.07. The SMILES string of the molecule is CN(C)/C=N/S(=O)(=O)CCCCCN1C(=S)N(c2ccc(C#N)c(Cl)c2)C(=O)C1(C)C. The molecule has 0 atom stereocenters. The lowest BCUT2D eigenvalue weighted by Gasteiger charge is -2.29. The molecule has 1 amide bonds. The topological polar surface area (TPSA) is 97.1 Å². The number of nitriles is 1. The number of carbonyl (C=O) groups excluding carboxylic acids is 1. The molecular weight excluding hydrogens is 458 g/mol. The molecule has 1 heterocycles. The zero-order valence-corrected chi connectivity index (χ0v) is 20.4. The molecule has 1 fully saturated rings. The van der Waals surface area contributed by atoms with Crippen molar-refractivity contribution in [1.29, 1.82) is 5.26 Å². The third-order valence-electron chi connectivity index (χ3n) is 4.88. The lowest BCUT2D eigenvalue weighted by atomic mass is 10.0. The molecule has 0 aromatic heterocycles. The second-order valence-corrected chi connectivity index (χ2v) is 10.5.